The first-order chi connectivity index (χ1) is 14.3. The minimum atomic E-state index is -3.61. The van der Waals surface area contributed by atoms with Crippen LogP contribution in [0.2, 0.25) is 0 Å². The van der Waals surface area contributed by atoms with Gasteiger partial charge in [0.2, 0.25) is 10.0 Å². The van der Waals surface area contributed by atoms with Gasteiger partial charge in [0, 0.05) is 24.7 Å². The Kier molecular flexibility index (Phi) is 5.08. The van der Waals surface area contributed by atoms with Crippen molar-refractivity contribution in [3.63, 3.8) is 0 Å². The number of halogens is 2. The number of carbonyl (C=O) groups is 1. The lowest BCUT2D eigenvalue weighted by Gasteiger charge is -2.16. The standard InChI is InChI=1S/C19H16F2N4O4S/c1-25(13-5-6-13)30(27,28)14-7-2-11(3-8-14)17(26)22-19-24-23-18(29-19)15-9-4-12(20)10-16(15)21/h2-4,7-10,13H,5-6H2,1H3,(H,22,24,26). The summed E-state index contributed by atoms with van der Waals surface area (Å²) in [5.41, 5.74) is 0.0504. The Bertz CT molecular complexity index is 1210. The Morgan fingerprint density at radius 2 is 1.83 bits per heavy atom. The van der Waals surface area contributed by atoms with Gasteiger partial charge in [0.1, 0.15) is 11.6 Å². The predicted molar refractivity (Wildman–Crippen MR) is 102 cm³/mol. The molecule has 4 rings (SSSR count). The number of benzene rings is 2. The van der Waals surface area contributed by atoms with Crippen LogP contribution < -0.4 is 5.32 Å². The van der Waals surface area contributed by atoms with E-state index in [1.54, 1.807) is 0 Å². The van der Waals surface area contributed by atoms with E-state index >= 15 is 0 Å². The molecule has 1 fully saturated rings. The number of sulfonamides is 1. The molecule has 1 amide bonds. The van der Waals surface area contributed by atoms with E-state index in [1.807, 2.05) is 0 Å². The maximum Gasteiger partial charge on any atom is 0.322 e. The lowest BCUT2D eigenvalue weighted by molar-refractivity contribution is 0.102. The lowest BCUT2D eigenvalue weighted by Crippen LogP contribution is -2.29. The van der Waals surface area contributed by atoms with Gasteiger partial charge in [0.25, 0.3) is 11.8 Å². The van der Waals surface area contributed by atoms with Gasteiger partial charge in [0.15, 0.2) is 0 Å². The molecule has 0 bridgehead atoms. The minimum Gasteiger partial charge on any atom is -0.403 e. The molecule has 0 atom stereocenters. The molecular weight excluding hydrogens is 418 g/mol. The number of aromatic nitrogens is 2. The van der Waals surface area contributed by atoms with Gasteiger partial charge in [-0.3, -0.25) is 10.1 Å². The van der Waals surface area contributed by atoms with Crippen LogP contribution >= 0.6 is 0 Å². The van der Waals surface area contributed by atoms with Crippen LogP contribution in [0.1, 0.15) is 23.2 Å². The summed E-state index contributed by atoms with van der Waals surface area (Å²) in [5, 5.41) is 9.60. The van der Waals surface area contributed by atoms with Gasteiger partial charge in [-0.1, -0.05) is 5.10 Å². The number of anilines is 1. The second kappa shape index (κ2) is 7.58. The highest BCUT2D eigenvalue weighted by Crippen LogP contribution is 2.30. The molecular formula is C19H16F2N4O4S. The summed E-state index contributed by atoms with van der Waals surface area (Å²) in [6.45, 7) is 0. The van der Waals surface area contributed by atoms with Crippen molar-refractivity contribution in [2.75, 3.05) is 12.4 Å². The van der Waals surface area contributed by atoms with Crippen LogP contribution in [-0.4, -0.2) is 41.9 Å². The molecule has 0 spiro atoms. The fraction of sp³-hybridized carbons (Fsp3) is 0.211. The second-order valence-corrected chi connectivity index (χ2v) is 8.76. The van der Waals surface area contributed by atoms with E-state index in [-0.39, 0.29) is 34.0 Å². The summed E-state index contributed by atoms with van der Waals surface area (Å²) in [6, 6.07) is 8.00. The predicted octanol–water partition coefficient (Wildman–Crippen LogP) is 3.05. The fourth-order valence-electron chi connectivity index (χ4n) is 2.79. The van der Waals surface area contributed by atoms with E-state index in [0.717, 1.165) is 25.0 Å². The first kappa shape index (κ1) is 20.1. The third-order valence-electron chi connectivity index (χ3n) is 4.66. The minimum absolute atomic E-state index is 0.0237. The van der Waals surface area contributed by atoms with Gasteiger partial charge in [-0.15, -0.1) is 5.10 Å². The highest BCUT2D eigenvalue weighted by atomic mass is 32.2. The Morgan fingerprint density at radius 1 is 1.13 bits per heavy atom. The molecule has 1 heterocycles. The van der Waals surface area contributed by atoms with Gasteiger partial charge < -0.3 is 4.42 Å². The van der Waals surface area contributed by atoms with Crippen LogP contribution in [0.5, 0.6) is 0 Å². The van der Waals surface area contributed by atoms with Crippen molar-refractivity contribution in [2.24, 2.45) is 0 Å². The van der Waals surface area contributed by atoms with Crippen molar-refractivity contribution in [2.45, 2.75) is 23.8 Å². The molecule has 2 aromatic carbocycles. The molecule has 11 heteroatoms. The van der Waals surface area contributed by atoms with E-state index in [4.69, 9.17) is 4.42 Å². The van der Waals surface area contributed by atoms with E-state index < -0.39 is 27.6 Å². The average molecular weight is 434 g/mol. The van der Waals surface area contributed by atoms with Gasteiger partial charge in [-0.25, -0.2) is 17.2 Å². The molecule has 8 nitrogen and oxygen atoms in total. The second-order valence-electron chi connectivity index (χ2n) is 6.77. The Morgan fingerprint density at radius 3 is 2.47 bits per heavy atom. The van der Waals surface area contributed by atoms with Crippen LogP contribution in [-0.2, 0) is 10.0 Å². The van der Waals surface area contributed by atoms with Crippen molar-refractivity contribution in [1.29, 1.82) is 0 Å². The third kappa shape index (κ3) is 3.94. The number of amides is 1. The molecule has 3 aromatic rings. The summed E-state index contributed by atoms with van der Waals surface area (Å²) in [7, 11) is -2.08. The smallest absolute Gasteiger partial charge is 0.322 e. The first-order valence-electron chi connectivity index (χ1n) is 8.94. The highest BCUT2D eigenvalue weighted by molar-refractivity contribution is 7.89. The number of hydrogen-bond acceptors (Lipinski definition) is 6. The summed E-state index contributed by atoms with van der Waals surface area (Å²) in [4.78, 5) is 12.4. The fourth-order valence-corrected chi connectivity index (χ4v) is 4.21. The maximum atomic E-state index is 13.8. The van der Waals surface area contributed by atoms with Crippen LogP contribution in [0, 0.1) is 11.6 Å². The van der Waals surface area contributed by atoms with Gasteiger partial charge in [-0.2, -0.15) is 4.31 Å². The van der Waals surface area contributed by atoms with Gasteiger partial charge >= 0.3 is 6.01 Å². The molecule has 0 aliphatic heterocycles. The van der Waals surface area contributed by atoms with E-state index in [9.17, 15) is 22.0 Å². The quantitative estimate of drug-likeness (QED) is 0.639. The average Bonchev–Trinajstić information content (AvgIpc) is 3.47. The zero-order chi connectivity index (χ0) is 21.5. The Hall–Kier alpha value is -3.18. The Balaban J connectivity index is 1.47. The molecule has 1 N–H and O–H groups in total. The van der Waals surface area contributed by atoms with Crippen molar-refractivity contribution in [3.05, 3.63) is 59.7 Å². The molecule has 0 saturated heterocycles. The zero-order valence-electron chi connectivity index (χ0n) is 15.7. The molecule has 1 aromatic heterocycles. The van der Waals surface area contributed by atoms with Crippen molar-refractivity contribution >= 4 is 21.9 Å². The number of nitrogens with zero attached hydrogens (tertiary/aromatic N) is 3. The van der Waals surface area contributed by atoms with Crippen LogP contribution in [0.4, 0.5) is 14.8 Å². The first-order valence-corrected chi connectivity index (χ1v) is 10.4. The molecule has 1 aliphatic carbocycles. The number of carbonyl (C=O) groups excluding carboxylic acids is 1. The van der Waals surface area contributed by atoms with Crippen molar-refractivity contribution in [1.82, 2.24) is 14.5 Å². The molecule has 1 saturated carbocycles. The Labute approximate surface area is 170 Å². The highest BCUT2D eigenvalue weighted by Gasteiger charge is 2.35. The normalized spacial score (nSPS) is 14.1. The van der Waals surface area contributed by atoms with Crippen molar-refractivity contribution < 1.29 is 26.4 Å². The summed E-state index contributed by atoms with van der Waals surface area (Å²) in [6.07, 6.45) is 1.68. The van der Waals surface area contributed by atoms with Crippen LogP contribution in [0.15, 0.2) is 51.8 Å². The monoisotopic (exact) mass is 434 g/mol. The summed E-state index contributed by atoms with van der Waals surface area (Å²) in [5.74, 6) is -2.49. The summed E-state index contributed by atoms with van der Waals surface area (Å²) < 4.78 is 58.4. The molecule has 0 unspecified atom stereocenters. The molecule has 0 radical (unpaired) electrons. The van der Waals surface area contributed by atoms with Gasteiger partial charge in [-0.05, 0) is 49.2 Å². The molecule has 1 aliphatic rings. The zero-order valence-corrected chi connectivity index (χ0v) is 16.5. The third-order valence-corrected chi connectivity index (χ3v) is 6.59. The number of hydrogen-bond donors (Lipinski definition) is 1. The van der Waals surface area contributed by atoms with Crippen molar-refractivity contribution in [3.8, 4) is 11.5 Å². The maximum absolute atomic E-state index is 13.8. The van der Waals surface area contributed by atoms with Crippen LogP contribution in [0.3, 0.4) is 0 Å². The lowest BCUT2D eigenvalue weighted by atomic mass is 10.2. The SMILES string of the molecule is CN(C1CC1)S(=O)(=O)c1ccc(C(=O)Nc2nnc(-c3ccc(F)cc3F)o2)cc1. The number of rotatable bonds is 6. The summed E-state index contributed by atoms with van der Waals surface area (Å²) >= 11 is 0. The van der Waals surface area contributed by atoms with E-state index in [2.05, 4.69) is 15.5 Å². The van der Waals surface area contributed by atoms with E-state index in [0.29, 0.717) is 6.07 Å². The topological polar surface area (TPSA) is 105 Å². The van der Waals surface area contributed by atoms with Gasteiger partial charge in [0.05, 0.1) is 10.5 Å². The largest absolute Gasteiger partial charge is 0.403 e. The van der Waals surface area contributed by atoms with E-state index in [1.165, 1.54) is 35.6 Å². The molecule has 156 valence electrons. The molecule has 30 heavy (non-hydrogen) atoms. The van der Waals surface area contributed by atoms with Crippen LogP contribution in [0.25, 0.3) is 11.5 Å². The number of nitrogens with one attached hydrogen (secondary N) is 1.